The first-order chi connectivity index (χ1) is 9.51. The zero-order valence-electron chi connectivity index (χ0n) is 11.7. The minimum atomic E-state index is -0.113. The van der Waals surface area contributed by atoms with Crippen LogP contribution in [0.4, 0.5) is 5.69 Å². The lowest BCUT2D eigenvalue weighted by Crippen LogP contribution is -2.13. The fourth-order valence-electron chi connectivity index (χ4n) is 1.84. The van der Waals surface area contributed by atoms with E-state index in [1.54, 1.807) is 17.8 Å². The van der Waals surface area contributed by atoms with Crippen molar-refractivity contribution in [2.45, 2.75) is 18.7 Å². The second-order valence-electron chi connectivity index (χ2n) is 4.60. The minimum absolute atomic E-state index is 0.113. The van der Waals surface area contributed by atoms with Gasteiger partial charge in [0.2, 0.25) is 0 Å². The van der Waals surface area contributed by atoms with Gasteiger partial charge >= 0.3 is 0 Å². The highest BCUT2D eigenvalue weighted by atomic mass is 35.5. The molecule has 0 bridgehead atoms. The molecular weight excluding hydrogens is 290 g/mol. The fourth-order valence-corrected chi connectivity index (χ4v) is 2.46. The Morgan fingerprint density at radius 1 is 1.10 bits per heavy atom. The van der Waals surface area contributed by atoms with Crippen molar-refractivity contribution in [1.29, 1.82) is 0 Å². The summed E-state index contributed by atoms with van der Waals surface area (Å²) in [7, 11) is 0. The van der Waals surface area contributed by atoms with Crippen LogP contribution in [0.3, 0.4) is 0 Å². The molecule has 0 saturated carbocycles. The molecule has 0 unspecified atom stereocenters. The standard InChI is InChI=1S/C16H16ClNOS/c1-10-5-7-13(20-3)9-14(10)16(19)18-12-6-4-11(2)15(17)8-12/h4-9H,1-3H3,(H,18,19). The Labute approximate surface area is 128 Å². The lowest BCUT2D eigenvalue weighted by atomic mass is 10.1. The van der Waals surface area contributed by atoms with Crippen LogP contribution in [0.2, 0.25) is 5.02 Å². The van der Waals surface area contributed by atoms with Crippen LogP contribution in [0.15, 0.2) is 41.3 Å². The maximum absolute atomic E-state index is 12.3. The van der Waals surface area contributed by atoms with Gasteiger partial charge in [-0.2, -0.15) is 0 Å². The molecule has 0 heterocycles. The maximum atomic E-state index is 12.3. The molecule has 2 aromatic carbocycles. The smallest absolute Gasteiger partial charge is 0.255 e. The fraction of sp³-hybridized carbons (Fsp3) is 0.188. The van der Waals surface area contributed by atoms with E-state index in [9.17, 15) is 4.79 Å². The molecule has 1 N–H and O–H groups in total. The van der Waals surface area contributed by atoms with Gasteiger partial charge in [0.15, 0.2) is 0 Å². The zero-order valence-corrected chi connectivity index (χ0v) is 13.2. The number of anilines is 1. The normalized spacial score (nSPS) is 10.4. The Bertz CT molecular complexity index is 655. The number of carbonyl (C=O) groups excluding carboxylic acids is 1. The topological polar surface area (TPSA) is 29.1 Å². The molecule has 0 radical (unpaired) electrons. The average molecular weight is 306 g/mol. The summed E-state index contributed by atoms with van der Waals surface area (Å²) in [5.74, 6) is -0.113. The van der Waals surface area contributed by atoms with Crippen molar-refractivity contribution in [3.05, 3.63) is 58.1 Å². The Hall–Kier alpha value is -1.45. The predicted octanol–water partition coefficient (Wildman–Crippen LogP) is 4.93. The maximum Gasteiger partial charge on any atom is 0.255 e. The Morgan fingerprint density at radius 3 is 2.45 bits per heavy atom. The van der Waals surface area contributed by atoms with Gasteiger partial charge in [-0.15, -0.1) is 11.8 Å². The van der Waals surface area contributed by atoms with Crippen LogP contribution in [0.5, 0.6) is 0 Å². The van der Waals surface area contributed by atoms with Gasteiger partial charge in [-0.25, -0.2) is 0 Å². The molecule has 4 heteroatoms. The summed E-state index contributed by atoms with van der Waals surface area (Å²) in [5, 5.41) is 3.54. The van der Waals surface area contributed by atoms with Crippen molar-refractivity contribution in [3.63, 3.8) is 0 Å². The molecule has 0 fully saturated rings. The molecule has 0 aliphatic heterocycles. The second-order valence-corrected chi connectivity index (χ2v) is 5.89. The van der Waals surface area contributed by atoms with E-state index >= 15 is 0 Å². The molecular formula is C16H16ClNOS. The summed E-state index contributed by atoms with van der Waals surface area (Å²) in [4.78, 5) is 13.4. The molecule has 1 amide bonds. The Kier molecular flexibility index (Phi) is 4.73. The second kappa shape index (κ2) is 6.33. The minimum Gasteiger partial charge on any atom is -0.322 e. The van der Waals surface area contributed by atoms with E-state index in [4.69, 9.17) is 11.6 Å². The third-order valence-corrected chi connectivity index (χ3v) is 4.25. The van der Waals surface area contributed by atoms with E-state index in [-0.39, 0.29) is 5.91 Å². The largest absolute Gasteiger partial charge is 0.322 e. The number of thioether (sulfide) groups is 1. The van der Waals surface area contributed by atoms with E-state index in [2.05, 4.69) is 5.32 Å². The first-order valence-corrected chi connectivity index (χ1v) is 7.83. The van der Waals surface area contributed by atoms with Gasteiger partial charge in [-0.1, -0.05) is 23.7 Å². The van der Waals surface area contributed by atoms with Crippen molar-refractivity contribution in [2.24, 2.45) is 0 Å². The Balaban J connectivity index is 2.25. The van der Waals surface area contributed by atoms with Crippen LogP contribution in [0.25, 0.3) is 0 Å². The summed E-state index contributed by atoms with van der Waals surface area (Å²) >= 11 is 7.69. The quantitative estimate of drug-likeness (QED) is 0.815. The van der Waals surface area contributed by atoms with Crippen LogP contribution in [-0.4, -0.2) is 12.2 Å². The van der Waals surface area contributed by atoms with Crippen molar-refractivity contribution in [1.82, 2.24) is 0 Å². The third kappa shape index (κ3) is 3.35. The molecule has 0 aliphatic rings. The van der Waals surface area contributed by atoms with E-state index in [1.165, 1.54) is 0 Å². The van der Waals surface area contributed by atoms with Crippen LogP contribution in [0, 0.1) is 13.8 Å². The molecule has 2 nitrogen and oxygen atoms in total. The van der Waals surface area contributed by atoms with Crippen LogP contribution >= 0.6 is 23.4 Å². The number of hydrogen-bond donors (Lipinski definition) is 1. The van der Waals surface area contributed by atoms with Crippen molar-refractivity contribution < 1.29 is 4.79 Å². The van der Waals surface area contributed by atoms with Gasteiger partial charge in [0.25, 0.3) is 5.91 Å². The molecule has 2 rings (SSSR count). The summed E-state index contributed by atoms with van der Waals surface area (Å²) < 4.78 is 0. The van der Waals surface area contributed by atoms with Crippen LogP contribution in [-0.2, 0) is 0 Å². The molecule has 0 spiro atoms. The molecule has 0 saturated heterocycles. The van der Waals surface area contributed by atoms with Gasteiger partial charge < -0.3 is 5.32 Å². The highest BCUT2D eigenvalue weighted by Gasteiger charge is 2.10. The number of benzene rings is 2. The lowest BCUT2D eigenvalue weighted by Gasteiger charge is -2.10. The summed E-state index contributed by atoms with van der Waals surface area (Å²) in [6, 6.07) is 11.4. The van der Waals surface area contributed by atoms with Crippen LogP contribution in [0.1, 0.15) is 21.5 Å². The third-order valence-electron chi connectivity index (χ3n) is 3.12. The Morgan fingerprint density at radius 2 is 1.80 bits per heavy atom. The van der Waals surface area contributed by atoms with E-state index in [1.807, 2.05) is 50.4 Å². The van der Waals surface area contributed by atoms with Gasteiger partial charge in [-0.3, -0.25) is 4.79 Å². The molecule has 0 aromatic heterocycles. The average Bonchev–Trinajstić information content (AvgIpc) is 2.43. The van der Waals surface area contributed by atoms with Crippen molar-refractivity contribution >= 4 is 35.0 Å². The van der Waals surface area contributed by atoms with Gasteiger partial charge in [0.05, 0.1) is 0 Å². The SMILES string of the molecule is CSc1ccc(C)c(C(=O)Nc2ccc(C)c(Cl)c2)c1. The number of carbonyl (C=O) groups is 1. The zero-order chi connectivity index (χ0) is 14.7. The van der Waals surface area contributed by atoms with Crippen molar-refractivity contribution in [3.8, 4) is 0 Å². The predicted molar refractivity (Wildman–Crippen MR) is 87.1 cm³/mol. The summed E-state index contributed by atoms with van der Waals surface area (Å²) in [5.41, 5.74) is 3.34. The number of nitrogens with one attached hydrogen (secondary N) is 1. The first kappa shape index (κ1) is 14.9. The van der Waals surface area contributed by atoms with Gasteiger partial charge in [0.1, 0.15) is 0 Å². The number of rotatable bonds is 3. The molecule has 0 atom stereocenters. The monoisotopic (exact) mass is 305 g/mol. The molecule has 104 valence electrons. The number of halogens is 1. The lowest BCUT2D eigenvalue weighted by molar-refractivity contribution is 0.102. The first-order valence-electron chi connectivity index (χ1n) is 6.23. The summed E-state index contributed by atoms with van der Waals surface area (Å²) in [6.07, 6.45) is 1.99. The van der Waals surface area contributed by atoms with Crippen molar-refractivity contribution in [2.75, 3.05) is 11.6 Å². The highest BCUT2D eigenvalue weighted by Crippen LogP contribution is 2.23. The van der Waals surface area contributed by atoms with E-state index < -0.39 is 0 Å². The molecule has 2 aromatic rings. The molecule has 0 aliphatic carbocycles. The van der Waals surface area contributed by atoms with Gasteiger partial charge in [-0.05, 0) is 55.5 Å². The van der Waals surface area contributed by atoms with Crippen LogP contribution < -0.4 is 5.32 Å². The molecule has 20 heavy (non-hydrogen) atoms. The highest BCUT2D eigenvalue weighted by molar-refractivity contribution is 7.98. The van der Waals surface area contributed by atoms with E-state index in [0.29, 0.717) is 16.3 Å². The van der Waals surface area contributed by atoms with E-state index in [0.717, 1.165) is 16.0 Å². The number of hydrogen-bond acceptors (Lipinski definition) is 2. The summed E-state index contributed by atoms with van der Waals surface area (Å²) in [6.45, 7) is 3.86. The number of aryl methyl sites for hydroxylation is 2. The number of amides is 1. The van der Waals surface area contributed by atoms with Gasteiger partial charge in [0, 0.05) is 21.2 Å².